The summed E-state index contributed by atoms with van der Waals surface area (Å²) in [6.07, 6.45) is 19.5. The minimum atomic E-state index is -3.16. The minimum Gasteiger partial charge on any atom is -0.481 e. The Morgan fingerprint density at radius 2 is 0.946 bits per heavy atom. The van der Waals surface area contributed by atoms with Crippen molar-refractivity contribution in [2.75, 3.05) is 33.0 Å². The van der Waals surface area contributed by atoms with Crippen LogP contribution >= 0.6 is 0 Å². The van der Waals surface area contributed by atoms with Crippen molar-refractivity contribution in [2.24, 2.45) is 0 Å². The van der Waals surface area contributed by atoms with Gasteiger partial charge in [0.15, 0.2) is 0 Å². The molecule has 1 atom stereocenters. The van der Waals surface area contributed by atoms with Gasteiger partial charge in [-0.1, -0.05) is 90.4 Å². The van der Waals surface area contributed by atoms with E-state index in [0.717, 1.165) is 32.1 Å². The van der Waals surface area contributed by atoms with E-state index in [0.29, 0.717) is 39.5 Å². The quantitative estimate of drug-likeness (QED) is 0.0575. The summed E-state index contributed by atoms with van der Waals surface area (Å²) >= 11 is 0. The third-order valence-electron chi connectivity index (χ3n) is 6.55. The summed E-state index contributed by atoms with van der Waals surface area (Å²) < 4.78 is 30.8. The SMILES string of the molecule is CCCOC(C)(OCCCCCCCCCCCCCCCCCC(=O)O)[Si](OCC)(OCC)OCC. The monoisotopic (exact) mass is 548 g/mol. The number of hydrogen-bond acceptors (Lipinski definition) is 6. The largest absolute Gasteiger partial charge is 0.563 e. The van der Waals surface area contributed by atoms with Crippen LogP contribution in [0.5, 0.6) is 0 Å². The maximum atomic E-state index is 10.5. The summed E-state index contributed by atoms with van der Waals surface area (Å²) in [5, 5.41) is 8.64. The molecule has 0 aromatic rings. The number of hydrogen-bond donors (Lipinski definition) is 1. The Labute approximate surface area is 229 Å². The van der Waals surface area contributed by atoms with E-state index >= 15 is 0 Å². The Morgan fingerprint density at radius 3 is 1.30 bits per heavy atom. The lowest BCUT2D eigenvalue weighted by molar-refractivity contribution is -0.214. The molecule has 8 heteroatoms. The van der Waals surface area contributed by atoms with Gasteiger partial charge in [0.05, 0.1) is 0 Å². The zero-order valence-electron chi connectivity index (χ0n) is 25.0. The van der Waals surface area contributed by atoms with E-state index in [1.54, 1.807) is 0 Å². The van der Waals surface area contributed by atoms with Crippen LogP contribution in [0.25, 0.3) is 0 Å². The van der Waals surface area contributed by atoms with Crippen molar-refractivity contribution in [3.05, 3.63) is 0 Å². The molecule has 0 amide bonds. The molecule has 7 nitrogen and oxygen atoms in total. The highest BCUT2D eigenvalue weighted by Crippen LogP contribution is 2.31. The van der Waals surface area contributed by atoms with E-state index in [2.05, 4.69) is 6.92 Å². The van der Waals surface area contributed by atoms with E-state index in [1.165, 1.54) is 70.6 Å². The molecule has 0 aliphatic heterocycles. The summed E-state index contributed by atoms with van der Waals surface area (Å²) in [5.74, 6) is -0.670. The van der Waals surface area contributed by atoms with Crippen molar-refractivity contribution < 1.29 is 32.7 Å². The molecule has 0 saturated carbocycles. The van der Waals surface area contributed by atoms with Crippen LogP contribution < -0.4 is 0 Å². The van der Waals surface area contributed by atoms with Crippen LogP contribution in [0.4, 0.5) is 0 Å². The molecule has 0 spiro atoms. The number of aliphatic carboxylic acids is 1. The van der Waals surface area contributed by atoms with Crippen LogP contribution in [0.15, 0.2) is 0 Å². The zero-order chi connectivity index (χ0) is 27.7. The normalized spacial score (nSPS) is 13.6. The number of unbranched alkanes of at least 4 members (excludes halogenated alkanes) is 14. The molecule has 0 bridgehead atoms. The lowest BCUT2D eigenvalue weighted by Gasteiger charge is -2.42. The summed E-state index contributed by atoms with van der Waals surface area (Å²) in [5.41, 5.74) is -0.995. The third-order valence-corrected chi connectivity index (χ3v) is 9.96. The number of carboxylic acid groups (broad SMARTS) is 1. The van der Waals surface area contributed by atoms with Gasteiger partial charge in [0.25, 0.3) is 0 Å². The highest BCUT2D eigenvalue weighted by molar-refractivity contribution is 6.63. The van der Waals surface area contributed by atoms with Gasteiger partial charge < -0.3 is 27.9 Å². The van der Waals surface area contributed by atoms with Gasteiger partial charge in [-0.25, -0.2) is 0 Å². The first-order chi connectivity index (χ1) is 17.9. The molecule has 0 aliphatic carbocycles. The Morgan fingerprint density at radius 1 is 0.595 bits per heavy atom. The molecule has 0 radical (unpaired) electrons. The molecule has 0 aromatic carbocycles. The molecule has 0 aromatic heterocycles. The van der Waals surface area contributed by atoms with Gasteiger partial charge in [-0.15, -0.1) is 0 Å². The third kappa shape index (κ3) is 17.6. The van der Waals surface area contributed by atoms with E-state index in [-0.39, 0.29) is 0 Å². The van der Waals surface area contributed by atoms with E-state index < -0.39 is 20.2 Å². The van der Waals surface area contributed by atoms with Crippen LogP contribution in [0.3, 0.4) is 0 Å². The lowest BCUT2D eigenvalue weighted by atomic mass is 10.0. The number of rotatable bonds is 29. The molecular weight excluding hydrogens is 488 g/mol. The Balaban J connectivity index is 3.97. The van der Waals surface area contributed by atoms with Crippen LogP contribution in [0.1, 0.15) is 144 Å². The highest BCUT2D eigenvalue weighted by Gasteiger charge is 2.61. The van der Waals surface area contributed by atoms with Gasteiger partial charge in [0.1, 0.15) is 0 Å². The maximum Gasteiger partial charge on any atom is 0.563 e. The van der Waals surface area contributed by atoms with E-state index in [1.807, 2.05) is 27.7 Å². The minimum absolute atomic E-state index is 0.320. The molecule has 0 fully saturated rings. The van der Waals surface area contributed by atoms with Gasteiger partial charge in [-0.3, -0.25) is 4.79 Å². The molecule has 0 rings (SSSR count). The second-order valence-corrected chi connectivity index (χ2v) is 12.8. The average molecular weight is 549 g/mol. The fourth-order valence-corrected chi connectivity index (χ4v) is 7.28. The first kappa shape index (κ1) is 36.5. The van der Waals surface area contributed by atoms with Gasteiger partial charge in [-0.05, 0) is 47.0 Å². The molecule has 37 heavy (non-hydrogen) atoms. The second-order valence-electron chi connectivity index (χ2n) is 9.94. The number of carboxylic acids is 1. The second kappa shape index (κ2) is 24.5. The van der Waals surface area contributed by atoms with Crippen LogP contribution in [-0.4, -0.2) is 58.3 Å². The number of carbonyl (C=O) groups is 1. The summed E-state index contributed by atoms with van der Waals surface area (Å²) in [6.45, 7) is 12.6. The first-order valence-electron chi connectivity index (χ1n) is 15.3. The highest BCUT2D eigenvalue weighted by atomic mass is 28.4. The molecule has 0 heterocycles. The molecule has 0 aliphatic rings. The summed E-state index contributed by atoms with van der Waals surface area (Å²) in [7, 11) is -3.16. The average Bonchev–Trinajstić information content (AvgIpc) is 2.87. The van der Waals surface area contributed by atoms with Gasteiger partial charge in [0, 0.05) is 39.5 Å². The standard InChI is InChI=1S/C29H60O7Si/c1-6-26-32-29(5,37(34-7-2,35-8-3)36-9-4)33-27-24-22-20-18-16-14-12-10-11-13-15-17-19-21-23-25-28(30)31/h6-27H2,1-5H3,(H,30,31). The van der Waals surface area contributed by atoms with Crippen molar-refractivity contribution in [1.82, 2.24) is 0 Å². The Kier molecular flexibility index (Phi) is 24.2. The van der Waals surface area contributed by atoms with Crippen LogP contribution in [0, 0.1) is 0 Å². The van der Waals surface area contributed by atoms with Crippen molar-refractivity contribution in [3.8, 4) is 0 Å². The first-order valence-corrected chi connectivity index (χ1v) is 17.0. The van der Waals surface area contributed by atoms with Crippen molar-refractivity contribution in [1.29, 1.82) is 0 Å². The van der Waals surface area contributed by atoms with Crippen molar-refractivity contribution >= 4 is 14.8 Å². The fourth-order valence-electron chi connectivity index (χ4n) is 4.55. The zero-order valence-corrected chi connectivity index (χ0v) is 26.0. The predicted octanol–water partition coefficient (Wildman–Crippen LogP) is 8.06. The molecule has 1 N–H and O–H groups in total. The van der Waals surface area contributed by atoms with Crippen molar-refractivity contribution in [3.63, 3.8) is 0 Å². The van der Waals surface area contributed by atoms with Gasteiger partial charge in [-0.2, -0.15) is 0 Å². The van der Waals surface area contributed by atoms with Gasteiger partial charge >= 0.3 is 14.8 Å². The molecule has 222 valence electrons. The lowest BCUT2D eigenvalue weighted by Crippen LogP contribution is -2.66. The Bertz CT molecular complexity index is 503. The Hall–Kier alpha value is -0.513. The van der Waals surface area contributed by atoms with Gasteiger partial charge in [0.2, 0.25) is 5.41 Å². The number of ether oxygens (including phenoxy) is 2. The predicted molar refractivity (Wildman–Crippen MR) is 153 cm³/mol. The molecule has 0 saturated heterocycles. The fraction of sp³-hybridized carbons (Fsp3) is 0.966. The molecular formula is C29H60O7Si. The van der Waals surface area contributed by atoms with E-state index in [9.17, 15) is 4.79 Å². The topological polar surface area (TPSA) is 83.5 Å². The molecule has 1 unspecified atom stereocenters. The van der Waals surface area contributed by atoms with Crippen molar-refractivity contribution in [2.45, 2.75) is 149 Å². The van der Waals surface area contributed by atoms with Crippen LogP contribution in [0.2, 0.25) is 0 Å². The van der Waals surface area contributed by atoms with E-state index in [4.69, 9.17) is 27.9 Å². The smallest absolute Gasteiger partial charge is 0.481 e. The maximum absolute atomic E-state index is 10.5. The summed E-state index contributed by atoms with van der Waals surface area (Å²) in [6, 6.07) is 0. The van der Waals surface area contributed by atoms with Crippen LogP contribution in [-0.2, 0) is 27.5 Å². The summed E-state index contributed by atoms with van der Waals surface area (Å²) in [4.78, 5) is 10.5.